The molecule has 4 rings (SSSR count). The second kappa shape index (κ2) is 7.01. The lowest BCUT2D eigenvalue weighted by atomic mass is 10.00. The molecule has 1 unspecified atom stereocenters. The highest BCUT2D eigenvalue weighted by Crippen LogP contribution is 2.35. The van der Waals surface area contributed by atoms with Gasteiger partial charge in [-0.2, -0.15) is 0 Å². The van der Waals surface area contributed by atoms with Crippen LogP contribution in [0.5, 0.6) is 5.75 Å². The molecule has 0 saturated heterocycles. The fraction of sp³-hybridized carbons (Fsp3) is 0.435. The summed E-state index contributed by atoms with van der Waals surface area (Å²) in [4.78, 5) is 11.8. The van der Waals surface area contributed by atoms with Gasteiger partial charge in [0.15, 0.2) is 0 Å². The Morgan fingerprint density at radius 1 is 1.19 bits per heavy atom. The molecule has 2 aromatic rings. The zero-order valence-electron chi connectivity index (χ0n) is 16.3. The molecule has 0 bridgehead atoms. The number of carbonyl (C=O) groups excluding carboxylic acids is 1. The Morgan fingerprint density at radius 3 is 2.63 bits per heavy atom. The van der Waals surface area contributed by atoms with E-state index < -0.39 is 0 Å². The molecular weight excluding hydrogens is 336 g/mol. The van der Waals surface area contributed by atoms with E-state index in [4.69, 9.17) is 4.74 Å². The third-order valence-electron chi connectivity index (χ3n) is 5.37. The van der Waals surface area contributed by atoms with E-state index >= 15 is 0 Å². The van der Waals surface area contributed by atoms with Crippen LogP contribution in [0.1, 0.15) is 56.3 Å². The van der Waals surface area contributed by atoms with Crippen LogP contribution in [0.2, 0.25) is 0 Å². The summed E-state index contributed by atoms with van der Waals surface area (Å²) in [7, 11) is 0. The SMILES string of the molecule is CC(NCc1ccc2c(c1)CC(C)(C)O2)c1ccc(NC(=O)C2CC2)cc1. The van der Waals surface area contributed by atoms with Crippen molar-refractivity contribution in [1.82, 2.24) is 5.32 Å². The Bertz CT molecular complexity index is 838. The minimum atomic E-state index is -0.0989. The molecule has 4 heteroatoms. The highest BCUT2D eigenvalue weighted by atomic mass is 16.5. The van der Waals surface area contributed by atoms with Crippen LogP contribution in [-0.2, 0) is 17.8 Å². The Kier molecular flexibility index (Phi) is 4.68. The van der Waals surface area contributed by atoms with Crippen molar-refractivity contribution >= 4 is 11.6 Å². The maximum Gasteiger partial charge on any atom is 0.227 e. The first-order chi connectivity index (χ1) is 12.9. The van der Waals surface area contributed by atoms with Gasteiger partial charge >= 0.3 is 0 Å². The van der Waals surface area contributed by atoms with E-state index in [0.29, 0.717) is 0 Å². The Labute approximate surface area is 161 Å². The molecule has 27 heavy (non-hydrogen) atoms. The van der Waals surface area contributed by atoms with Crippen LogP contribution in [0, 0.1) is 5.92 Å². The summed E-state index contributed by atoms with van der Waals surface area (Å²) in [5.41, 5.74) is 4.56. The molecule has 2 N–H and O–H groups in total. The zero-order chi connectivity index (χ0) is 19.0. The predicted molar refractivity (Wildman–Crippen MR) is 108 cm³/mol. The molecule has 2 aliphatic rings. The van der Waals surface area contributed by atoms with E-state index in [0.717, 1.165) is 37.2 Å². The fourth-order valence-electron chi connectivity index (χ4n) is 3.61. The van der Waals surface area contributed by atoms with Crippen molar-refractivity contribution < 1.29 is 9.53 Å². The van der Waals surface area contributed by atoms with Crippen LogP contribution in [-0.4, -0.2) is 11.5 Å². The quantitative estimate of drug-likeness (QED) is 0.788. The number of ether oxygens (including phenoxy) is 1. The number of amides is 1. The maximum atomic E-state index is 11.8. The number of hydrogen-bond donors (Lipinski definition) is 2. The largest absolute Gasteiger partial charge is 0.487 e. The number of rotatable bonds is 6. The Morgan fingerprint density at radius 2 is 1.93 bits per heavy atom. The molecule has 0 aromatic heterocycles. The molecule has 1 aliphatic heterocycles. The van der Waals surface area contributed by atoms with Gasteiger partial charge in [-0.15, -0.1) is 0 Å². The molecule has 1 heterocycles. The topological polar surface area (TPSA) is 50.4 Å². The van der Waals surface area contributed by atoms with E-state index in [-0.39, 0.29) is 23.5 Å². The first-order valence-corrected chi connectivity index (χ1v) is 9.85. The molecule has 1 amide bonds. The highest BCUT2D eigenvalue weighted by Gasteiger charge is 2.30. The van der Waals surface area contributed by atoms with E-state index in [1.54, 1.807) is 0 Å². The van der Waals surface area contributed by atoms with Gasteiger partial charge in [0, 0.05) is 30.6 Å². The van der Waals surface area contributed by atoms with Crippen LogP contribution >= 0.6 is 0 Å². The van der Waals surface area contributed by atoms with E-state index in [1.807, 2.05) is 12.1 Å². The highest BCUT2D eigenvalue weighted by molar-refractivity contribution is 5.94. The van der Waals surface area contributed by atoms with Gasteiger partial charge < -0.3 is 15.4 Å². The number of benzene rings is 2. The standard InChI is InChI=1S/C23H28N2O2/c1-15(17-7-9-20(10-8-17)25-22(26)18-5-6-18)24-14-16-4-11-21-19(12-16)13-23(2,3)27-21/h4,7-12,15,18,24H,5-6,13-14H2,1-3H3,(H,25,26). The second-order valence-corrected chi connectivity index (χ2v) is 8.47. The van der Waals surface area contributed by atoms with Gasteiger partial charge in [-0.3, -0.25) is 4.79 Å². The lowest BCUT2D eigenvalue weighted by Crippen LogP contribution is -2.24. The number of carbonyl (C=O) groups is 1. The van der Waals surface area contributed by atoms with Gasteiger partial charge in [0.05, 0.1) is 0 Å². The number of nitrogens with one attached hydrogen (secondary N) is 2. The van der Waals surface area contributed by atoms with Gasteiger partial charge in [0.2, 0.25) is 5.91 Å². The summed E-state index contributed by atoms with van der Waals surface area (Å²) in [6, 6.07) is 14.8. The van der Waals surface area contributed by atoms with Crippen LogP contribution in [0.3, 0.4) is 0 Å². The molecule has 142 valence electrons. The van der Waals surface area contributed by atoms with E-state index in [2.05, 4.69) is 61.7 Å². The van der Waals surface area contributed by atoms with E-state index in [1.165, 1.54) is 16.7 Å². The van der Waals surface area contributed by atoms with E-state index in [9.17, 15) is 4.79 Å². The van der Waals surface area contributed by atoms with Crippen LogP contribution in [0.4, 0.5) is 5.69 Å². The van der Waals surface area contributed by atoms with Crippen molar-refractivity contribution in [3.8, 4) is 5.75 Å². The van der Waals surface area contributed by atoms with Crippen molar-refractivity contribution in [3.63, 3.8) is 0 Å². The molecular formula is C23H28N2O2. The van der Waals surface area contributed by atoms with Gasteiger partial charge in [-0.25, -0.2) is 0 Å². The smallest absolute Gasteiger partial charge is 0.227 e. The maximum absolute atomic E-state index is 11.8. The van der Waals surface area contributed by atoms with Crippen molar-refractivity contribution in [2.45, 2.75) is 58.2 Å². The third kappa shape index (κ3) is 4.33. The number of hydrogen-bond acceptors (Lipinski definition) is 3. The van der Waals surface area contributed by atoms with Crippen molar-refractivity contribution in [2.75, 3.05) is 5.32 Å². The lowest BCUT2D eigenvalue weighted by molar-refractivity contribution is -0.117. The van der Waals surface area contributed by atoms with Crippen LogP contribution < -0.4 is 15.4 Å². The lowest BCUT2D eigenvalue weighted by Gasteiger charge is -2.16. The summed E-state index contributed by atoms with van der Waals surface area (Å²) < 4.78 is 5.95. The Hall–Kier alpha value is -2.33. The third-order valence-corrected chi connectivity index (χ3v) is 5.37. The second-order valence-electron chi connectivity index (χ2n) is 8.47. The van der Waals surface area contributed by atoms with Gasteiger partial charge in [0.1, 0.15) is 11.4 Å². The molecule has 4 nitrogen and oxygen atoms in total. The first-order valence-electron chi connectivity index (χ1n) is 9.85. The summed E-state index contributed by atoms with van der Waals surface area (Å²) in [5, 5.41) is 6.57. The summed E-state index contributed by atoms with van der Waals surface area (Å²) in [6.07, 6.45) is 3.01. The number of anilines is 1. The van der Waals surface area contributed by atoms with Crippen LogP contribution in [0.15, 0.2) is 42.5 Å². The average molecular weight is 364 g/mol. The fourth-order valence-corrected chi connectivity index (χ4v) is 3.61. The molecule has 1 atom stereocenters. The summed E-state index contributed by atoms with van der Waals surface area (Å²) >= 11 is 0. The first kappa shape index (κ1) is 18.1. The zero-order valence-corrected chi connectivity index (χ0v) is 16.3. The molecule has 1 fully saturated rings. The molecule has 1 aliphatic carbocycles. The molecule has 2 aromatic carbocycles. The average Bonchev–Trinajstić information content (AvgIpc) is 3.42. The van der Waals surface area contributed by atoms with Crippen molar-refractivity contribution in [2.24, 2.45) is 5.92 Å². The Balaban J connectivity index is 1.33. The van der Waals surface area contributed by atoms with Gasteiger partial charge in [0.25, 0.3) is 0 Å². The van der Waals surface area contributed by atoms with Gasteiger partial charge in [-0.05, 0) is 68.5 Å². The van der Waals surface area contributed by atoms with Crippen molar-refractivity contribution in [3.05, 3.63) is 59.2 Å². The molecule has 0 radical (unpaired) electrons. The molecule has 0 spiro atoms. The van der Waals surface area contributed by atoms with Crippen LogP contribution in [0.25, 0.3) is 0 Å². The van der Waals surface area contributed by atoms with Crippen molar-refractivity contribution in [1.29, 1.82) is 0 Å². The van der Waals surface area contributed by atoms with Gasteiger partial charge in [-0.1, -0.05) is 24.3 Å². The normalized spacial score (nSPS) is 18.5. The summed E-state index contributed by atoms with van der Waals surface area (Å²) in [5.74, 6) is 1.40. The predicted octanol–water partition coefficient (Wildman–Crippen LogP) is 4.60. The number of fused-ring (bicyclic) bond motifs is 1. The molecule has 1 saturated carbocycles. The summed E-state index contributed by atoms with van der Waals surface area (Å²) in [6.45, 7) is 7.24. The minimum absolute atomic E-state index is 0.0989. The monoisotopic (exact) mass is 364 g/mol. The minimum Gasteiger partial charge on any atom is -0.487 e.